The normalized spacial score (nSPS) is 14.1. The summed E-state index contributed by atoms with van der Waals surface area (Å²) in [5.74, 6) is 1.31. The number of carbonyl (C=O) groups excluding carboxylic acids is 1. The van der Waals surface area contributed by atoms with Gasteiger partial charge >= 0.3 is 6.03 Å². The van der Waals surface area contributed by atoms with Crippen LogP contribution in [-0.2, 0) is 0 Å². The number of amides is 2. The van der Waals surface area contributed by atoms with E-state index in [9.17, 15) is 4.79 Å². The molecule has 0 unspecified atom stereocenters. The Balaban J connectivity index is 1.61. The van der Waals surface area contributed by atoms with Crippen LogP contribution in [0, 0.1) is 6.92 Å². The predicted octanol–water partition coefficient (Wildman–Crippen LogP) is 4.02. The molecule has 1 fully saturated rings. The van der Waals surface area contributed by atoms with Crippen LogP contribution in [0.5, 0.6) is 11.5 Å². The largest absolute Gasteiger partial charge is 0.495 e. The average Bonchev–Trinajstić information content (AvgIpc) is 2.68. The molecule has 1 aliphatic rings. The van der Waals surface area contributed by atoms with Crippen molar-refractivity contribution in [1.29, 1.82) is 0 Å². The van der Waals surface area contributed by atoms with Gasteiger partial charge in [0, 0.05) is 31.9 Å². The van der Waals surface area contributed by atoms with Gasteiger partial charge in [-0.25, -0.2) is 4.79 Å². The maximum atomic E-state index is 12.6. The minimum Gasteiger partial charge on any atom is -0.495 e. The molecule has 0 spiro atoms. The van der Waals surface area contributed by atoms with Crippen LogP contribution in [0.15, 0.2) is 36.4 Å². The van der Waals surface area contributed by atoms with Crippen LogP contribution in [0.1, 0.15) is 5.56 Å². The van der Waals surface area contributed by atoms with Gasteiger partial charge in [-0.1, -0.05) is 17.7 Å². The number of carbonyl (C=O) groups is 1. The number of benzene rings is 2. The molecule has 1 saturated heterocycles. The van der Waals surface area contributed by atoms with Crippen molar-refractivity contribution in [3.05, 3.63) is 47.0 Å². The van der Waals surface area contributed by atoms with Crippen molar-refractivity contribution in [1.82, 2.24) is 4.90 Å². The van der Waals surface area contributed by atoms with Crippen molar-refractivity contribution in [2.75, 3.05) is 50.6 Å². The number of ether oxygens (including phenoxy) is 2. The Labute approximate surface area is 164 Å². The molecule has 2 aromatic rings. The van der Waals surface area contributed by atoms with E-state index in [1.165, 1.54) is 0 Å². The molecule has 0 radical (unpaired) electrons. The lowest BCUT2D eigenvalue weighted by molar-refractivity contribution is 0.208. The SMILES string of the molecule is COc1ccc(N2CCN(C(=O)Nc3cc(C)ccc3OC)CC2)cc1Cl. The molecule has 27 heavy (non-hydrogen) atoms. The molecule has 3 rings (SSSR count). The van der Waals surface area contributed by atoms with Gasteiger partial charge in [-0.3, -0.25) is 0 Å². The van der Waals surface area contributed by atoms with E-state index < -0.39 is 0 Å². The summed E-state index contributed by atoms with van der Waals surface area (Å²) in [6, 6.07) is 11.3. The molecule has 0 saturated carbocycles. The number of anilines is 2. The molecule has 1 heterocycles. The van der Waals surface area contributed by atoms with Crippen LogP contribution in [0.25, 0.3) is 0 Å². The van der Waals surface area contributed by atoms with E-state index in [0.717, 1.165) is 24.3 Å². The Kier molecular flexibility index (Phi) is 5.96. The zero-order valence-corrected chi connectivity index (χ0v) is 16.5. The molecule has 2 amide bonds. The maximum absolute atomic E-state index is 12.6. The van der Waals surface area contributed by atoms with Gasteiger partial charge in [0.1, 0.15) is 11.5 Å². The lowest BCUT2D eigenvalue weighted by Crippen LogP contribution is -2.50. The molecule has 144 valence electrons. The van der Waals surface area contributed by atoms with E-state index in [4.69, 9.17) is 21.1 Å². The third-order valence-electron chi connectivity index (χ3n) is 4.66. The van der Waals surface area contributed by atoms with Crippen molar-refractivity contribution >= 4 is 29.0 Å². The fraction of sp³-hybridized carbons (Fsp3) is 0.350. The average molecular weight is 390 g/mol. The Morgan fingerprint density at radius 2 is 1.67 bits per heavy atom. The summed E-state index contributed by atoms with van der Waals surface area (Å²) in [6.45, 7) is 4.71. The topological polar surface area (TPSA) is 54.0 Å². The van der Waals surface area contributed by atoms with E-state index in [2.05, 4.69) is 10.2 Å². The van der Waals surface area contributed by atoms with Gasteiger partial charge in [0.15, 0.2) is 0 Å². The molecule has 7 heteroatoms. The van der Waals surface area contributed by atoms with Crippen molar-refractivity contribution < 1.29 is 14.3 Å². The van der Waals surface area contributed by atoms with Crippen LogP contribution in [-0.4, -0.2) is 51.3 Å². The second-order valence-corrected chi connectivity index (χ2v) is 6.83. The van der Waals surface area contributed by atoms with Gasteiger partial charge in [0.05, 0.1) is 24.9 Å². The Morgan fingerprint density at radius 3 is 2.30 bits per heavy atom. The zero-order chi connectivity index (χ0) is 19.4. The number of methoxy groups -OCH3 is 2. The number of piperazine rings is 1. The van der Waals surface area contributed by atoms with Crippen LogP contribution >= 0.6 is 11.6 Å². The number of rotatable bonds is 4. The Bertz CT molecular complexity index is 820. The number of nitrogens with one attached hydrogen (secondary N) is 1. The number of halogens is 1. The predicted molar refractivity (Wildman–Crippen MR) is 109 cm³/mol. The molecule has 1 aliphatic heterocycles. The number of nitrogens with zero attached hydrogens (tertiary/aromatic N) is 2. The van der Waals surface area contributed by atoms with E-state index >= 15 is 0 Å². The smallest absolute Gasteiger partial charge is 0.322 e. The van der Waals surface area contributed by atoms with Crippen LogP contribution in [0.4, 0.5) is 16.2 Å². The fourth-order valence-corrected chi connectivity index (χ4v) is 3.39. The van der Waals surface area contributed by atoms with E-state index in [-0.39, 0.29) is 6.03 Å². The minimum atomic E-state index is -0.119. The van der Waals surface area contributed by atoms with Gasteiger partial charge in [0.2, 0.25) is 0 Å². The van der Waals surface area contributed by atoms with E-state index in [1.54, 1.807) is 14.2 Å². The minimum absolute atomic E-state index is 0.119. The Morgan fingerprint density at radius 1 is 1.00 bits per heavy atom. The number of hydrogen-bond donors (Lipinski definition) is 1. The highest BCUT2D eigenvalue weighted by atomic mass is 35.5. The van der Waals surface area contributed by atoms with Crippen LogP contribution < -0.4 is 19.7 Å². The highest BCUT2D eigenvalue weighted by Gasteiger charge is 2.22. The highest BCUT2D eigenvalue weighted by molar-refractivity contribution is 6.32. The Hall–Kier alpha value is -2.60. The van der Waals surface area contributed by atoms with Crippen molar-refractivity contribution in [3.63, 3.8) is 0 Å². The second-order valence-electron chi connectivity index (χ2n) is 6.43. The van der Waals surface area contributed by atoms with E-state index in [0.29, 0.717) is 35.3 Å². The first kappa shape index (κ1) is 19.2. The molecule has 1 N–H and O–H groups in total. The zero-order valence-electron chi connectivity index (χ0n) is 15.8. The first-order valence-electron chi connectivity index (χ1n) is 8.81. The highest BCUT2D eigenvalue weighted by Crippen LogP contribution is 2.30. The third kappa shape index (κ3) is 4.39. The molecule has 0 atom stereocenters. The van der Waals surface area contributed by atoms with Crippen LogP contribution in [0.2, 0.25) is 5.02 Å². The van der Waals surface area contributed by atoms with Crippen molar-refractivity contribution in [3.8, 4) is 11.5 Å². The first-order valence-corrected chi connectivity index (χ1v) is 9.18. The molecule has 0 bridgehead atoms. The van der Waals surface area contributed by atoms with Gasteiger partial charge in [-0.05, 0) is 42.8 Å². The third-order valence-corrected chi connectivity index (χ3v) is 4.96. The van der Waals surface area contributed by atoms with Crippen LogP contribution in [0.3, 0.4) is 0 Å². The molecule has 0 aromatic heterocycles. The van der Waals surface area contributed by atoms with Gasteiger partial charge < -0.3 is 24.6 Å². The van der Waals surface area contributed by atoms with Crippen molar-refractivity contribution in [2.24, 2.45) is 0 Å². The lowest BCUT2D eigenvalue weighted by atomic mass is 10.2. The standard InChI is InChI=1S/C20H24ClN3O3/c1-14-4-6-19(27-3)17(12-14)22-20(25)24-10-8-23(9-11-24)15-5-7-18(26-2)16(21)13-15/h4-7,12-13H,8-11H2,1-3H3,(H,22,25). The summed E-state index contributed by atoms with van der Waals surface area (Å²) < 4.78 is 10.5. The van der Waals surface area contributed by atoms with Gasteiger partial charge in [0.25, 0.3) is 0 Å². The quantitative estimate of drug-likeness (QED) is 0.858. The molecule has 6 nitrogen and oxygen atoms in total. The second kappa shape index (κ2) is 8.39. The lowest BCUT2D eigenvalue weighted by Gasteiger charge is -2.36. The summed E-state index contributed by atoms with van der Waals surface area (Å²) >= 11 is 6.22. The van der Waals surface area contributed by atoms with Gasteiger partial charge in [-0.2, -0.15) is 0 Å². The summed E-state index contributed by atoms with van der Waals surface area (Å²) in [5.41, 5.74) is 2.78. The summed E-state index contributed by atoms with van der Waals surface area (Å²) in [6.07, 6.45) is 0. The van der Waals surface area contributed by atoms with Crippen molar-refractivity contribution in [2.45, 2.75) is 6.92 Å². The number of hydrogen-bond acceptors (Lipinski definition) is 4. The first-order chi connectivity index (χ1) is 13.0. The fourth-order valence-electron chi connectivity index (χ4n) is 3.13. The molecular weight excluding hydrogens is 366 g/mol. The molecule has 0 aliphatic carbocycles. The number of aryl methyl sites for hydroxylation is 1. The summed E-state index contributed by atoms with van der Waals surface area (Å²) in [7, 11) is 3.20. The molecular formula is C20H24ClN3O3. The number of urea groups is 1. The maximum Gasteiger partial charge on any atom is 0.322 e. The monoisotopic (exact) mass is 389 g/mol. The summed E-state index contributed by atoms with van der Waals surface area (Å²) in [5, 5.41) is 3.54. The molecule has 2 aromatic carbocycles. The van der Waals surface area contributed by atoms with E-state index in [1.807, 2.05) is 48.2 Å². The van der Waals surface area contributed by atoms with Gasteiger partial charge in [-0.15, -0.1) is 0 Å². The summed E-state index contributed by atoms with van der Waals surface area (Å²) in [4.78, 5) is 16.7.